The van der Waals surface area contributed by atoms with Gasteiger partial charge in [-0.25, -0.2) is 14.2 Å². The minimum Gasteiger partial charge on any atom is -0.356 e. The average molecular weight is 439 g/mol. The summed E-state index contributed by atoms with van der Waals surface area (Å²) in [6.45, 7) is 11.0. The smallest absolute Gasteiger partial charge is 0.319 e. The Kier molecular flexibility index (Phi) is 6.04. The molecule has 0 spiro atoms. The summed E-state index contributed by atoms with van der Waals surface area (Å²) in [5.74, 6) is 1.21. The third-order valence-electron chi connectivity index (χ3n) is 6.02. The molecule has 1 saturated heterocycles. The first-order valence-electron chi connectivity index (χ1n) is 11.1. The van der Waals surface area contributed by atoms with Gasteiger partial charge in [-0.2, -0.15) is 5.10 Å². The number of rotatable bonds is 4. The molecule has 32 heavy (non-hydrogen) atoms. The Labute approximate surface area is 187 Å². The molecule has 7 nitrogen and oxygen atoms in total. The molecule has 1 aliphatic rings. The van der Waals surface area contributed by atoms with E-state index in [1.807, 2.05) is 6.07 Å². The summed E-state index contributed by atoms with van der Waals surface area (Å²) in [7, 11) is 0. The minimum absolute atomic E-state index is 0.0610. The van der Waals surface area contributed by atoms with Gasteiger partial charge in [-0.3, -0.25) is 5.10 Å². The van der Waals surface area contributed by atoms with Crippen molar-refractivity contribution in [3.8, 4) is 0 Å². The molecule has 0 aliphatic carbocycles. The van der Waals surface area contributed by atoms with Gasteiger partial charge in [-0.1, -0.05) is 33.8 Å². The molecule has 1 aromatic carbocycles. The molecule has 1 aliphatic heterocycles. The molecule has 0 unspecified atom stereocenters. The molecule has 170 valence electrons. The molecule has 4 rings (SSSR count). The summed E-state index contributed by atoms with van der Waals surface area (Å²) < 4.78 is 13.9. The summed E-state index contributed by atoms with van der Waals surface area (Å²) in [4.78, 5) is 19.9. The van der Waals surface area contributed by atoms with Crippen LogP contribution in [0.3, 0.4) is 0 Å². The van der Waals surface area contributed by atoms with Gasteiger partial charge in [-0.15, -0.1) is 0 Å². The third-order valence-corrected chi connectivity index (χ3v) is 6.02. The maximum absolute atomic E-state index is 13.9. The lowest BCUT2D eigenvalue weighted by molar-refractivity contribution is 0.252. The van der Waals surface area contributed by atoms with Crippen molar-refractivity contribution in [2.24, 2.45) is 5.92 Å². The highest BCUT2D eigenvalue weighted by molar-refractivity contribution is 6.00. The Morgan fingerprint density at radius 3 is 2.72 bits per heavy atom. The van der Waals surface area contributed by atoms with Crippen molar-refractivity contribution in [1.82, 2.24) is 20.5 Å². The third kappa shape index (κ3) is 4.84. The molecule has 2 amide bonds. The number of anilines is 2. The predicted octanol–water partition coefficient (Wildman–Crippen LogP) is 4.95. The molecule has 3 N–H and O–H groups in total. The summed E-state index contributed by atoms with van der Waals surface area (Å²) in [5, 5.41) is 12.9. The number of carbonyl (C=O) groups is 1. The van der Waals surface area contributed by atoms with E-state index >= 15 is 0 Å². The molecule has 0 radical (unpaired) electrons. The number of fused-ring (bicyclic) bond motifs is 1. The summed E-state index contributed by atoms with van der Waals surface area (Å²) in [5.41, 5.74) is 2.84. The summed E-state index contributed by atoms with van der Waals surface area (Å²) >= 11 is 0. The monoisotopic (exact) mass is 438 g/mol. The number of hydrogen-bond acceptors (Lipinski definition) is 4. The number of aromatic amines is 1. The van der Waals surface area contributed by atoms with Crippen LogP contribution < -0.4 is 15.5 Å². The van der Waals surface area contributed by atoms with Gasteiger partial charge in [0.1, 0.15) is 11.6 Å². The lowest BCUT2D eigenvalue weighted by Gasteiger charge is -2.33. The zero-order valence-corrected chi connectivity index (χ0v) is 19.1. The van der Waals surface area contributed by atoms with E-state index in [-0.39, 0.29) is 5.41 Å². The molecule has 0 saturated carbocycles. The Balaban J connectivity index is 1.51. The first-order chi connectivity index (χ1) is 15.2. The Bertz CT molecular complexity index is 1110. The molecule has 1 fully saturated rings. The van der Waals surface area contributed by atoms with Crippen molar-refractivity contribution in [2.75, 3.05) is 23.3 Å². The second kappa shape index (κ2) is 8.76. The first kappa shape index (κ1) is 22.0. The lowest BCUT2D eigenvalue weighted by Crippen LogP contribution is -2.36. The van der Waals surface area contributed by atoms with Gasteiger partial charge in [0, 0.05) is 41.7 Å². The maximum Gasteiger partial charge on any atom is 0.319 e. The number of halogens is 1. The molecule has 3 aromatic rings. The fourth-order valence-corrected chi connectivity index (χ4v) is 3.99. The molecular weight excluding hydrogens is 407 g/mol. The van der Waals surface area contributed by atoms with Crippen molar-refractivity contribution < 1.29 is 9.18 Å². The summed E-state index contributed by atoms with van der Waals surface area (Å²) in [6, 6.07) is 6.32. The van der Waals surface area contributed by atoms with Gasteiger partial charge in [0.25, 0.3) is 0 Å². The molecule has 0 bridgehead atoms. The average Bonchev–Trinajstić information content (AvgIpc) is 3.21. The van der Waals surface area contributed by atoms with Gasteiger partial charge in [0.2, 0.25) is 0 Å². The number of nitrogens with zero attached hydrogens (tertiary/aromatic N) is 3. The topological polar surface area (TPSA) is 85.9 Å². The zero-order chi connectivity index (χ0) is 22.9. The van der Waals surface area contributed by atoms with Crippen LogP contribution >= 0.6 is 0 Å². The Morgan fingerprint density at radius 2 is 2.00 bits per heavy atom. The number of pyridine rings is 1. The van der Waals surface area contributed by atoms with Crippen molar-refractivity contribution in [3.05, 3.63) is 47.5 Å². The van der Waals surface area contributed by atoms with E-state index in [1.165, 1.54) is 12.1 Å². The fourth-order valence-electron chi connectivity index (χ4n) is 3.99. The van der Waals surface area contributed by atoms with Crippen molar-refractivity contribution in [2.45, 2.75) is 52.5 Å². The van der Waals surface area contributed by atoms with Gasteiger partial charge in [0.05, 0.1) is 17.4 Å². The Morgan fingerprint density at radius 1 is 1.25 bits per heavy atom. The van der Waals surface area contributed by atoms with Gasteiger partial charge < -0.3 is 15.5 Å². The zero-order valence-electron chi connectivity index (χ0n) is 19.1. The van der Waals surface area contributed by atoms with E-state index in [2.05, 4.69) is 59.5 Å². The number of aromatic nitrogens is 3. The number of amides is 2. The number of nitrogens with one attached hydrogen (secondary N) is 3. The Hall–Kier alpha value is -3.16. The van der Waals surface area contributed by atoms with E-state index in [4.69, 9.17) is 4.98 Å². The molecular formula is C24H31FN6O. The van der Waals surface area contributed by atoms with Crippen LogP contribution in [0.25, 0.3) is 10.9 Å². The van der Waals surface area contributed by atoms with E-state index in [9.17, 15) is 9.18 Å². The van der Waals surface area contributed by atoms with Crippen LogP contribution in [0.1, 0.15) is 51.8 Å². The molecule has 3 heterocycles. The molecule has 8 heteroatoms. The molecule has 2 aromatic heterocycles. The predicted molar refractivity (Wildman–Crippen MR) is 125 cm³/mol. The normalized spacial score (nSPS) is 15.2. The van der Waals surface area contributed by atoms with Crippen LogP contribution in [0, 0.1) is 11.7 Å². The number of piperidine rings is 1. The standard InChI is InChI=1S/C24H31FN6O/c1-15-7-9-31(10-8-15)22-16(5-6-21(29-22)24(2,3)4)13-26-23(32)28-19-11-17(25)12-20-18(19)14-27-30-20/h5-6,11-12,14-15H,7-10,13H2,1-4H3,(H,27,30)(H2,26,28,32). The second-order valence-corrected chi connectivity index (χ2v) is 9.69. The largest absolute Gasteiger partial charge is 0.356 e. The van der Waals surface area contributed by atoms with Crippen LogP contribution in [0.2, 0.25) is 0 Å². The highest BCUT2D eigenvalue weighted by Gasteiger charge is 2.23. The van der Waals surface area contributed by atoms with E-state index in [0.29, 0.717) is 23.1 Å². The number of carbonyl (C=O) groups excluding carboxylic acids is 1. The summed E-state index contributed by atoms with van der Waals surface area (Å²) in [6.07, 6.45) is 3.83. The van der Waals surface area contributed by atoms with Gasteiger partial charge in [0.15, 0.2) is 0 Å². The van der Waals surface area contributed by atoms with Crippen molar-refractivity contribution in [3.63, 3.8) is 0 Å². The lowest BCUT2D eigenvalue weighted by atomic mass is 9.91. The van der Waals surface area contributed by atoms with Gasteiger partial charge >= 0.3 is 6.03 Å². The van der Waals surface area contributed by atoms with Crippen LogP contribution in [-0.4, -0.2) is 34.3 Å². The number of benzene rings is 1. The number of hydrogen-bond donors (Lipinski definition) is 3. The maximum atomic E-state index is 13.9. The van der Waals surface area contributed by atoms with Crippen LogP contribution in [-0.2, 0) is 12.0 Å². The van der Waals surface area contributed by atoms with E-state index in [0.717, 1.165) is 48.9 Å². The number of H-pyrrole nitrogens is 1. The van der Waals surface area contributed by atoms with Crippen LogP contribution in [0.15, 0.2) is 30.5 Å². The second-order valence-electron chi connectivity index (χ2n) is 9.69. The fraction of sp³-hybridized carbons (Fsp3) is 0.458. The molecule has 0 atom stereocenters. The minimum atomic E-state index is -0.444. The number of urea groups is 1. The quantitative estimate of drug-likeness (QED) is 0.538. The van der Waals surface area contributed by atoms with E-state index < -0.39 is 11.8 Å². The van der Waals surface area contributed by atoms with E-state index in [1.54, 1.807) is 6.20 Å². The SMILES string of the molecule is CC1CCN(c2nc(C(C)(C)C)ccc2CNC(=O)Nc2cc(F)cc3[nH]ncc23)CC1. The van der Waals surface area contributed by atoms with Crippen LogP contribution in [0.4, 0.5) is 20.7 Å². The van der Waals surface area contributed by atoms with Crippen molar-refractivity contribution in [1.29, 1.82) is 0 Å². The van der Waals surface area contributed by atoms with Gasteiger partial charge in [-0.05, 0) is 37.0 Å². The first-order valence-corrected chi connectivity index (χ1v) is 11.1. The highest BCUT2D eigenvalue weighted by Crippen LogP contribution is 2.29. The van der Waals surface area contributed by atoms with Crippen molar-refractivity contribution >= 4 is 28.4 Å². The highest BCUT2D eigenvalue weighted by atomic mass is 19.1. The van der Waals surface area contributed by atoms with Crippen LogP contribution in [0.5, 0.6) is 0 Å².